The number of halogens is 1. The number of aromatic nitrogens is 1. The van der Waals surface area contributed by atoms with Gasteiger partial charge in [0.25, 0.3) is 5.91 Å². The van der Waals surface area contributed by atoms with Gasteiger partial charge in [-0.2, -0.15) is 0 Å². The van der Waals surface area contributed by atoms with Crippen molar-refractivity contribution >= 4 is 5.91 Å². The van der Waals surface area contributed by atoms with Crippen molar-refractivity contribution < 1.29 is 13.7 Å². The van der Waals surface area contributed by atoms with Gasteiger partial charge in [0.05, 0.1) is 0 Å². The maximum atomic E-state index is 13.7. The third kappa shape index (κ3) is 2.21. The Morgan fingerprint density at radius 2 is 2.00 bits per heavy atom. The van der Waals surface area contributed by atoms with E-state index in [1.165, 1.54) is 18.4 Å². The molecule has 0 saturated heterocycles. The fourth-order valence-electron chi connectivity index (χ4n) is 2.89. The van der Waals surface area contributed by atoms with Crippen LogP contribution in [0.25, 0.3) is 22.4 Å². The van der Waals surface area contributed by atoms with E-state index in [0.29, 0.717) is 23.4 Å². The van der Waals surface area contributed by atoms with Crippen LogP contribution in [0.4, 0.5) is 4.39 Å². The second kappa shape index (κ2) is 5.05. The molecule has 0 bridgehead atoms. The summed E-state index contributed by atoms with van der Waals surface area (Å²) in [4.78, 5) is 11.9. The lowest BCUT2D eigenvalue weighted by atomic mass is 9.94. The normalized spacial score (nSPS) is 13.0. The Hall–Kier alpha value is -2.95. The minimum absolute atomic E-state index is 0.0804. The number of rotatable bonds is 2. The van der Waals surface area contributed by atoms with Gasteiger partial charge >= 0.3 is 0 Å². The minimum atomic E-state index is -0.343. The van der Waals surface area contributed by atoms with E-state index < -0.39 is 0 Å². The zero-order valence-corrected chi connectivity index (χ0v) is 12.4. The highest BCUT2D eigenvalue weighted by Crippen LogP contribution is 2.35. The molecule has 0 unspecified atom stereocenters. The van der Waals surface area contributed by atoms with Gasteiger partial charge in [-0.05, 0) is 41.8 Å². The van der Waals surface area contributed by atoms with Crippen LogP contribution in [0.1, 0.15) is 21.5 Å². The zero-order valence-electron chi connectivity index (χ0n) is 12.4. The van der Waals surface area contributed by atoms with E-state index in [0.717, 1.165) is 22.3 Å². The Morgan fingerprint density at radius 3 is 2.78 bits per heavy atom. The number of carbonyl (C=O) groups excluding carboxylic acids is 1. The topological polar surface area (TPSA) is 55.1 Å². The van der Waals surface area contributed by atoms with E-state index >= 15 is 0 Å². The van der Waals surface area contributed by atoms with Crippen molar-refractivity contribution in [3.05, 3.63) is 65.2 Å². The average Bonchev–Trinajstić information content (AvgIpc) is 3.13. The van der Waals surface area contributed by atoms with Crippen molar-refractivity contribution in [3.63, 3.8) is 0 Å². The number of aryl methyl sites for hydroxylation is 1. The standard InChI is InChI=1S/C18H13FN2O2/c1-10-9-23-21-17(10)16-7-13(19)4-5-14(16)11-2-3-12-8-20-18(22)15(12)6-11/h2-7,9H,8H2,1H3,(H,20,22). The number of nitrogens with zero attached hydrogens (tertiary/aromatic N) is 1. The largest absolute Gasteiger partial charge is 0.364 e. The van der Waals surface area contributed by atoms with Gasteiger partial charge in [-0.3, -0.25) is 4.79 Å². The predicted molar refractivity (Wildman–Crippen MR) is 83.2 cm³/mol. The molecule has 4 rings (SSSR count). The monoisotopic (exact) mass is 308 g/mol. The van der Waals surface area contributed by atoms with Gasteiger partial charge in [0.15, 0.2) is 0 Å². The van der Waals surface area contributed by atoms with Crippen molar-refractivity contribution in [1.82, 2.24) is 10.5 Å². The smallest absolute Gasteiger partial charge is 0.251 e. The summed E-state index contributed by atoms with van der Waals surface area (Å²) in [7, 11) is 0. The third-order valence-corrected chi connectivity index (χ3v) is 4.09. The van der Waals surface area contributed by atoms with Crippen molar-refractivity contribution in [3.8, 4) is 22.4 Å². The number of carbonyl (C=O) groups is 1. The summed E-state index contributed by atoms with van der Waals surface area (Å²) >= 11 is 0. The van der Waals surface area contributed by atoms with Gasteiger partial charge in [-0.15, -0.1) is 0 Å². The first-order valence-corrected chi connectivity index (χ1v) is 7.26. The molecule has 1 aliphatic heterocycles. The second-order valence-electron chi connectivity index (χ2n) is 5.59. The molecule has 23 heavy (non-hydrogen) atoms. The van der Waals surface area contributed by atoms with Gasteiger partial charge < -0.3 is 9.84 Å². The molecule has 1 amide bonds. The van der Waals surface area contributed by atoms with Gasteiger partial charge in [0, 0.05) is 23.2 Å². The predicted octanol–water partition coefficient (Wildman–Crippen LogP) is 3.70. The Morgan fingerprint density at radius 1 is 1.13 bits per heavy atom. The van der Waals surface area contributed by atoms with Gasteiger partial charge in [0.1, 0.15) is 17.8 Å². The molecule has 0 atom stereocenters. The van der Waals surface area contributed by atoms with Crippen molar-refractivity contribution in [1.29, 1.82) is 0 Å². The van der Waals surface area contributed by atoms with Gasteiger partial charge in [-0.25, -0.2) is 4.39 Å². The summed E-state index contributed by atoms with van der Waals surface area (Å²) in [6.45, 7) is 2.41. The van der Waals surface area contributed by atoms with E-state index in [-0.39, 0.29) is 11.7 Å². The molecule has 0 saturated carbocycles. The summed E-state index contributed by atoms with van der Waals surface area (Å²) in [5, 5.41) is 6.78. The molecular weight excluding hydrogens is 295 g/mol. The molecule has 1 aliphatic rings. The molecule has 0 radical (unpaired) electrons. The summed E-state index contributed by atoms with van der Waals surface area (Å²) in [5.41, 5.74) is 5.37. The van der Waals surface area contributed by atoms with Crippen LogP contribution in [0.15, 0.2) is 47.2 Å². The Balaban J connectivity index is 1.92. The lowest BCUT2D eigenvalue weighted by Crippen LogP contribution is -2.12. The molecule has 1 N–H and O–H groups in total. The van der Waals surface area contributed by atoms with Crippen LogP contribution in [0, 0.1) is 12.7 Å². The average molecular weight is 308 g/mol. The van der Waals surface area contributed by atoms with Crippen LogP contribution in [-0.2, 0) is 6.54 Å². The first kappa shape index (κ1) is 13.7. The molecule has 5 heteroatoms. The Kier molecular flexibility index (Phi) is 3.01. The summed E-state index contributed by atoms with van der Waals surface area (Å²) in [5.74, 6) is -0.423. The van der Waals surface area contributed by atoms with Crippen LogP contribution < -0.4 is 5.32 Å². The van der Waals surface area contributed by atoms with E-state index in [4.69, 9.17) is 4.52 Å². The molecule has 3 aromatic rings. The minimum Gasteiger partial charge on any atom is -0.364 e. The Bertz CT molecular complexity index is 931. The van der Waals surface area contributed by atoms with E-state index in [1.807, 2.05) is 25.1 Å². The van der Waals surface area contributed by atoms with Crippen LogP contribution >= 0.6 is 0 Å². The van der Waals surface area contributed by atoms with Crippen LogP contribution in [0.2, 0.25) is 0 Å². The molecule has 0 fully saturated rings. The van der Waals surface area contributed by atoms with Gasteiger partial charge in [0.2, 0.25) is 0 Å². The fourth-order valence-corrected chi connectivity index (χ4v) is 2.89. The highest BCUT2D eigenvalue weighted by molar-refractivity contribution is 6.00. The number of nitrogens with one attached hydrogen (secondary N) is 1. The molecule has 0 aliphatic carbocycles. The molecule has 2 aromatic carbocycles. The maximum Gasteiger partial charge on any atom is 0.251 e. The zero-order chi connectivity index (χ0) is 16.0. The quantitative estimate of drug-likeness (QED) is 0.785. The lowest BCUT2D eigenvalue weighted by Gasteiger charge is -2.10. The second-order valence-corrected chi connectivity index (χ2v) is 5.59. The summed E-state index contributed by atoms with van der Waals surface area (Å²) in [6, 6.07) is 10.2. The number of benzene rings is 2. The highest BCUT2D eigenvalue weighted by atomic mass is 19.1. The molecule has 1 aromatic heterocycles. The SMILES string of the molecule is Cc1conc1-c1cc(F)ccc1-c1ccc2c(c1)C(=O)NC2. The first-order chi connectivity index (χ1) is 11.1. The highest BCUT2D eigenvalue weighted by Gasteiger charge is 2.20. The molecule has 0 spiro atoms. The maximum absolute atomic E-state index is 13.7. The summed E-state index contributed by atoms with van der Waals surface area (Å²) < 4.78 is 18.7. The molecule has 2 heterocycles. The van der Waals surface area contributed by atoms with Crippen LogP contribution in [0.3, 0.4) is 0 Å². The summed E-state index contributed by atoms with van der Waals surface area (Å²) in [6.07, 6.45) is 1.53. The van der Waals surface area contributed by atoms with E-state index in [1.54, 1.807) is 6.07 Å². The molecule has 114 valence electrons. The number of fused-ring (bicyclic) bond motifs is 1. The third-order valence-electron chi connectivity index (χ3n) is 4.09. The van der Waals surface area contributed by atoms with Crippen molar-refractivity contribution in [2.75, 3.05) is 0 Å². The molecular formula is C18H13FN2O2. The van der Waals surface area contributed by atoms with Crippen LogP contribution in [-0.4, -0.2) is 11.1 Å². The van der Waals surface area contributed by atoms with E-state index in [9.17, 15) is 9.18 Å². The number of amides is 1. The number of hydrogen-bond donors (Lipinski definition) is 1. The first-order valence-electron chi connectivity index (χ1n) is 7.26. The van der Waals surface area contributed by atoms with Crippen molar-refractivity contribution in [2.45, 2.75) is 13.5 Å². The van der Waals surface area contributed by atoms with Gasteiger partial charge in [-0.1, -0.05) is 23.4 Å². The fraction of sp³-hybridized carbons (Fsp3) is 0.111. The molecule has 4 nitrogen and oxygen atoms in total. The van der Waals surface area contributed by atoms with Crippen molar-refractivity contribution in [2.24, 2.45) is 0 Å². The van der Waals surface area contributed by atoms with E-state index in [2.05, 4.69) is 10.5 Å². The number of hydrogen-bond acceptors (Lipinski definition) is 3. The van der Waals surface area contributed by atoms with Crippen LogP contribution in [0.5, 0.6) is 0 Å². The lowest BCUT2D eigenvalue weighted by molar-refractivity contribution is 0.0966. The Labute approximate surface area is 131 Å².